The molecular weight excluding hydrogens is 188 g/mol. The molecule has 4 unspecified atom stereocenters. The third-order valence-corrected chi connectivity index (χ3v) is 4.60. The van der Waals surface area contributed by atoms with Gasteiger partial charge in [0, 0.05) is 31.8 Å². The van der Waals surface area contributed by atoms with Gasteiger partial charge in [0.05, 0.1) is 6.61 Å². The van der Waals surface area contributed by atoms with Gasteiger partial charge in [0.25, 0.3) is 0 Å². The molecule has 1 aliphatic carbocycles. The molecule has 0 aromatic carbocycles. The summed E-state index contributed by atoms with van der Waals surface area (Å²) in [6.45, 7) is 4.29. The summed E-state index contributed by atoms with van der Waals surface area (Å²) in [5.41, 5.74) is 6.19. The zero-order valence-electron chi connectivity index (χ0n) is 9.40. The summed E-state index contributed by atoms with van der Waals surface area (Å²) in [5.74, 6) is 1.94. The Morgan fingerprint density at radius 2 is 1.80 bits per heavy atom. The van der Waals surface area contributed by atoms with Crippen LogP contribution in [0, 0.1) is 11.8 Å². The lowest BCUT2D eigenvalue weighted by Crippen LogP contribution is -2.53. The maximum absolute atomic E-state index is 6.19. The largest absolute Gasteiger partial charge is 0.380 e. The second-order valence-electron chi connectivity index (χ2n) is 5.50. The number of likely N-dealkylation sites (tertiary alicyclic amines) is 1. The topological polar surface area (TPSA) is 38.5 Å². The second-order valence-corrected chi connectivity index (χ2v) is 5.50. The van der Waals surface area contributed by atoms with E-state index in [1.54, 1.807) is 0 Å². The Kier molecular flexibility index (Phi) is 2.71. The Morgan fingerprint density at radius 1 is 1.07 bits per heavy atom. The Bertz CT molecular complexity index is 222. The molecule has 0 radical (unpaired) electrons. The zero-order chi connectivity index (χ0) is 10.3. The highest BCUT2D eigenvalue weighted by Gasteiger charge is 2.40. The van der Waals surface area contributed by atoms with E-state index in [0.717, 1.165) is 31.5 Å². The van der Waals surface area contributed by atoms with Crippen molar-refractivity contribution in [2.45, 2.75) is 37.8 Å². The minimum Gasteiger partial charge on any atom is -0.380 e. The third kappa shape index (κ3) is 1.81. The van der Waals surface area contributed by atoms with Gasteiger partial charge in [0.15, 0.2) is 0 Å². The molecule has 0 spiro atoms. The lowest BCUT2D eigenvalue weighted by atomic mass is 10.0. The van der Waals surface area contributed by atoms with Crippen molar-refractivity contribution >= 4 is 0 Å². The lowest BCUT2D eigenvalue weighted by molar-refractivity contribution is 0.0117. The van der Waals surface area contributed by atoms with Gasteiger partial charge in [-0.25, -0.2) is 0 Å². The molecule has 4 atom stereocenters. The van der Waals surface area contributed by atoms with E-state index < -0.39 is 0 Å². The molecule has 3 fully saturated rings. The number of nitrogens with zero attached hydrogens (tertiary/aromatic N) is 1. The Balaban J connectivity index is 1.63. The average molecular weight is 210 g/mol. The van der Waals surface area contributed by atoms with Crippen LogP contribution < -0.4 is 5.73 Å². The lowest BCUT2D eigenvalue weighted by Gasteiger charge is -2.36. The van der Waals surface area contributed by atoms with Crippen molar-refractivity contribution in [3.8, 4) is 0 Å². The van der Waals surface area contributed by atoms with Crippen LogP contribution in [0.15, 0.2) is 0 Å². The second kappa shape index (κ2) is 4.04. The summed E-state index contributed by atoms with van der Waals surface area (Å²) in [5, 5.41) is 0. The van der Waals surface area contributed by atoms with Crippen molar-refractivity contribution in [1.29, 1.82) is 0 Å². The Hall–Kier alpha value is -0.120. The van der Waals surface area contributed by atoms with Crippen molar-refractivity contribution in [3.63, 3.8) is 0 Å². The number of fused-ring (bicyclic) bond motifs is 1. The van der Waals surface area contributed by atoms with Gasteiger partial charge >= 0.3 is 0 Å². The van der Waals surface area contributed by atoms with E-state index in [0.29, 0.717) is 12.1 Å². The number of nitrogens with two attached hydrogens (primary N) is 1. The van der Waals surface area contributed by atoms with Gasteiger partial charge in [-0.2, -0.15) is 0 Å². The van der Waals surface area contributed by atoms with E-state index in [-0.39, 0.29) is 0 Å². The van der Waals surface area contributed by atoms with Crippen LogP contribution in [0.3, 0.4) is 0 Å². The molecule has 1 saturated carbocycles. The predicted octanol–water partition coefficient (Wildman–Crippen LogP) is 0.834. The van der Waals surface area contributed by atoms with Gasteiger partial charge in [0.1, 0.15) is 0 Å². The van der Waals surface area contributed by atoms with Crippen molar-refractivity contribution in [2.75, 3.05) is 26.3 Å². The molecule has 0 aromatic rings. The summed E-state index contributed by atoms with van der Waals surface area (Å²) in [6.07, 6.45) is 5.39. The van der Waals surface area contributed by atoms with Crippen molar-refractivity contribution in [1.82, 2.24) is 4.90 Å². The van der Waals surface area contributed by atoms with Crippen LogP contribution in [0.5, 0.6) is 0 Å². The fraction of sp³-hybridized carbons (Fsp3) is 1.00. The van der Waals surface area contributed by atoms with E-state index in [1.165, 1.54) is 32.4 Å². The van der Waals surface area contributed by atoms with Gasteiger partial charge in [-0.15, -0.1) is 0 Å². The molecule has 0 bridgehead atoms. The van der Waals surface area contributed by atoms with Gasteiger partial charge in [-0.1, -0.05) is 6.42 Å². The molecule has 2 aliphatic heterocycles. The highest BCUT2D eigenvalue weighted by atomic mass is 16.5. The molecule has 15 heavy (non-hydrogen) atoms. The average Bonchev–Trinajstić information content (AvgIpc) is 2.77. The maximum Gasteiger partial charge on any atom is 0.0636 e. The fourth-order valence-electron chi connectivity index (χ4n) is 3.66. The first-order valence-corrected chi connectivity index (χ1v) is 6.42. The van der Waals surface area contributed by atoms with Crippen LogP contribution in [0.4, 0.5) is 0 Å². The normalized spacial score (nSPS) is 47.0. The van der Waals surface area contributed by atoms with Crippen LogP contribution >= 0.6 is 0 Å². The molecule has 3 nitrogen and oxygen atoms in total. The summed E-state index contributed by atoms with van der Waals surface area (Å²) in [6, 6.07) is 0.849. The standard InChI is InChI=1S/C12H22N2O/c13-11-4-5-15-8-12(11)14-6-9-2-1-3-10(9)7-14/h9-12H,1-8,13H2. The van der Waals surface area contributed by atoms with Crippen LogP contribution in [0.2, 0.25) is 0 Å². The Labute approximate surface area is 91.9 Å². The Morgan fingerprint density at radius 3 is 2.47 bits per heavy atom. The van der Waals surface area contributed by atoms with E-state index in [1.807, 2.05) is 0 Å². The number of ether oxygens (including phenoxy) is 1. The van der Waals surface area contributed by atoms with Gasteiger partial charge in [-0.05, 0) is 31.1 Å². The van der Waals surface area contributed by atoms with E-state index in [9.17, 15) is 0 Å². The SMILES string of the molecule is NC1CCOCC1N1CC2CCCC2C1. The van der Waals surface area contributed by atoms with E-state index >= 15 is 0 Å². The first-order valence-electron chi connectivity index (χ1n) is 6.42. The summed E-state index contributed by atoms with van der Waals surface area (Å²) < 4.78 is 5.57. The minimum atomic E-state index is 0.345. The molecule has 0 aromatic heterocycles. The van der Waals surface area contributed by atoms with Gasteiger partial charge in [0.2, 0.25) is 0 Å². The number of hydrogen-bond donors (Lipinski definition) is 1. The summed E-state index contributed by atoms with van der Waals surface area (Å²) >= 11 is 0. The zero-order valence-corrected chi connectivity index (χ0v) is 9.40. The third-order valence-electron chi connectivity index (χ3n) is 4.60. The number of rotatable bonds is 1. The molecule has 3 aliphatic rings. The molecular formula is C12H22N2O. The van der Waals surface area contributed by atoms with Crippen LogP contribution in [0.25, 0.3) is 0 Å². The van der Waals surface area contributed by atoms with Crippen molar-refractivity contribution in [3.05, 3.63) is 0 Å². The monoisotopic (exact) mass is 210 g/mol. The summed E-state index contributed by atoms with van der Waals surface area (Å²) in [4.78, 5) is 2.61. The minimum absolute atomic E-state index is 0.345. The molecule has 2 saturated heterocycles. The first-order chi connectivity index (χ1) is 7.34. The fourth-order valence-corrected chi connectivity index (χ4v) is 3.66. The quantitative estimate of drug-likeness (QED) is 0.697. The van der Waals surface area contributed by atoms with Crippen molar-refractivity contribution < 1.29 is 4.74 Å². The molecule has 3 heteroatoms. The predicted molar refractivity (Wildman–Crippen MR) is 59.6 cm³/mol. The van der Waals surface area contributed by atoms with E-state index in [4.69, 9.17) is 10.5 Å². The van der Waals surface area contributed by atoms with Gasteiger partial charge < -0.3 is 10.5 Å². The van der Waals surface area contributed by atoms with Gasteiger partial charge in [-0.3, -0.25) is 4.90 Å². The molecule has 2 N–H and O–H groups in total. The maximum atomic E-state index is 6.19. The smallest absolute Gasteiger partial charge is 0.0636 e. The number of hydrogen-bond acceptors (Lipinski definition) is 3. The van der Waals surface area contributed by atoms with E-state index in [2.05, 4.69) is 4.90 Å². The van der Waals surface area contributed by atoms with Crippen molar-refractivity contribution in [2.24, 2.45) is 17.6 Å². The highest BCUT2D eigenvalue weighted by molar-refractivity contribution is 4.94. The van der Waals surface area contributed by atoms with Crippen LogP contribution in [0.1, 0.15) is 25.7 Å². The molecule has 2 heterocycles. The first kappa shape index (κ1) is 10.1. The molecule has 0 amide bonds. The van der Waals surface area contributed by atoms with Crippen LogP contribution in [-0.4, -0.2) is 43.3 Å². The van der Waals surface area contributed by atoms with Crippen LogP contribution in [-0.2, 0) is 4.74 Å². The highest BCUT2D eigenvalue weighted by Crippen LogP contribution is 2.39. The molecule has 3 rings (SSSR count). The molecule has 86 valence electrons. The summed E-state index contributed by atoms with van der Waals surface area (Å²) in [7, 11) is 0.